The van der Waals surface area contributed by atoms with Crippen molar-refractivity contribution in [2.24, 2.45) is 0 Å². The Morgan fingerprint density at radius 2 is 1.85 bits per heavy atom. The molecule has 0 fully saturated rings. The van der Waals surface area contributed by atoms with E-state index in [2.05, 4.69) is 21.7 Å². The third-order valence-electron chi connectivity index (χ3n) is 3.59. The van der Waals surface area contributed by atoms with Gasteiger partial charge in [0.2, 0.25) is 5.91 Å². The van der Waals surface area contributed by atoms with Crippen LogP contribution in [0, 0.1) is 17.1 Å². The van der Waals surface area contributed by atoms with Crippen LogP contribution in [-0.4, -0.2) is 10.9 Å². The van der Waals surface area contributed by atoms with E-state index in [-0.39, 0.29) is 18.1 Å². The summed E-state index contributed by atoms with van der Waals surface area (Å²) in [5.74, 6) is -0.00163. The predicted molar refractivity (Wildman–Crippen MR) is 97.4 cm³/mol. The SMILES string of the molecule is N#Cc1ccc(Nc2ccc(NC(=O)Cc3cccc(F)c3)cn2)cc1. The van der Waals surface area contributed by atoms with Crippen molar-refractivity contribution in [3.05, 3.63) is 83.8 Å². The van der Waals surface area contributed by atoms with Crippen LogP contribution in [-0.2, 0) is 11.2 Å². The molecule has 0 saturated carbocycles. The van der Waals surface area contributed by atoms with Crippen LogP contribution in [0.15, 0.2) is 66.9 Å². The van der Waals surface area contributed by atoms with Crippen molar-refractivity contribution in [3.63, 3.8) is 0 Å². The minimum Gasteiger partial charge on any atom is -0.340 e. The fourth-order valence-electron chi connectivity index (χ4n) is 2.36. The van der Waals surface area contributed by atoms with E-state index in [1.54, 1.807) is 48.5 Å². The molecule has 0 unspecified atom stereocenters. The molecule has 2 N–H and O–H groups in total. The summed E-state index contributed by atoms with van der Waals surface area (Å²) >= 11 is 0. The lowest BCUT2D eigenvalue weighted by Crippen LogP contribution is -2.14. The first-order valence-electron chi connectivity index (χ1n) is 7.90. The van der Waals surface area contributed by atoms with Gasteiger partial charge in [-0.15, -0.1) is 0 Å². The molecule has 3 aromatic rings. The van der Waals surface area contributed by atoms with Crippen molar-refractivity contribution in [2.45, 2.75) is 6.42 Å². The molecule has 0 aliphatic rings. The van der Waals surface area contributed by atoms with Crippen LogP contribution >= 0.6 is 0 Å². The van der Waals surface area contributed by atoms with Gasteiger partial charge in [0.15, 0.2) is 0 Å². The summed E-state index contributed by atoms with van der Waals surface area (Å²) in [6.45, 7) is 0. The van der Waals surface area contributed by atoms with Gasteiger partial charge in [-0.25, -0.2) is 9.37 Å². The number of nitrogens with one attached hydrogen (secondary N) is 2. The Kier molecular flexibility index (Phi) is 5.20. The molecule has 1 heterocycles. The molecule has 6 heteroatoms. The molecule has 2 aromatic carbocycles. The molecule has 3 rings (SSSR count). The largest absolute Gasteiger partial charge is 0.340 e. The summed E-state index contributed by atoms with van der Waals surface area (Å²) < 4.78 is 13.1. The zero-order chi connectivity index (χ0) is 18.4. The van der Waals surface area contributed by atoms with Gasteiger partial charge in [0.25, 0.3) is 0 Å². The molecule has 0 spiro atoms. The van der Waals surface area contributed by atoms with Crippen LogP contribution in [0.3, 0.4) is 0 Å². The molecule has 5 nitrogen and oxygen atoms in total. The monoisotopic (exact) mass is 346 g/mol. The molecule has 0 aliphatic carbocycles. The van der Waals surface area contributed by atoms with Crippen LogP contribution in [0.25, 0.3) is 0 Å². The third-order valence-corrected chi connectivity index (χ3v) is 3.59. The Hall–Kier alpha value is -3.72. The smallest absolute Gasteiger partial charge is 0.228 e. The molecule has 0 atom stereocenters. The molecular formula is C20H15FN4O. The second-order valence-electron chi connectivity index (χ2n) is 5.60. The Morgan fingerprint density at radius 1 is 1.08 bits per heavy atom. The predicted octanol–water partition coefficient (Wildman–Crippen LogP) is 4.02. The molecule has 0 radical (unpaired) electrons. The Morgan fingerprint density at radius 3 is 2.50 bits per heavy atom. The maximum absolute atomic E-state index is 13.1. The van der Waals surface area contributed by atoms with E-state index in [1.807, 2.05) is 0 Å². The van der Waals surface area contributed by atoms with Gasteiger partial charge in [0, 0.05) is 5.69 Å². The zero-order valence-corrected chi connectivity index (χ0v) is 13.7. The van der Waals surface area contributed by atoms with Gasteiger partial charge in [-0.3, -0.25) is 4.79 Å². The summed E-state index contributed by atoms with van der Waals surface area (Å²) in [6.07, 6.45) is 1.62. The number of benzene rings is 2. The van der Waals surface area contributed by atoms with Crippen molar-refractivity contribution in [1.29, 1.82) is 5.26 Å². The number of nitriles is 1. The molecule has 128 valence electrons. The highest BCUT2D eigenvalue weighted by atomic mass is 19.1. The zero-order valence-electron chi connectivity index (χ0n) is 13.7. The number of amides is 1. The number of hydrogen-bond donors (Lipinski definition) is 2. The fourth-order valence-corrected chi connectivity index (χ4v) is 2.36. The van der Waals surface area contributed by atoms with E-state index in [9.17, 15) is 9.18 Å². The van der Waals surface area contributed by atoms with Crippen molar-refractivity contribution in [3.8, 4) is 6.07 Å². The fraction of sp³-hybridized carbons (Fsp3) is 0.0500. The van der Waals surface area contributed by atoms with E-state index in [1.165, 1.54) is 18.3 Å². The maximum Gasteiger partial charge on any atom is 0.228 e. The summed E-state index contributed by atoms with van der Waals surface area (Å²) in [4.78, 5) is 16.3. The van der Waals surface area contributed by atoms with Crippen LogP contribution in [0.4, 0.5) is 21.6 Å². The Balaban J connectivity index is 1.58. The maximum atomic E-state index is 13.1. The van der Waals surface area contributed by atoms with Gasteiger partial charge >= 0.3 is 0 Å². The van der Waals surface area contributed by atoms with Crippen molar-refractivity contribution in [1.82, 2.24) is 4.98 Å². The highest BCUT2D eigenvalue weighted by molar-refractivity contribution is 5.92. The molecule has 1 aromatic heterocycles. The number of aromatic nitrogens is 1. The molecule has 26 heavy (non-hydrogen) atoms. The van der Waals surface area contributed by atoms with Crippen LogP contribution in [0.2, 0.25) is 0 Å². The minimum absolute atomic E-state index is 0.0863. The number of nitrogens with zero attached hydrogens (tertiary/aromatic N) is 2. The number of carbonyl (C=O) groups excluding carboxylic acids is 1. The van der Waals surface area contributed by atoms with Crippen LogP contribution < -0.4 is 10.6 Å². The first-order chi connectivity index (χ1) is 12.6. The van der Waals surface area contributed by atoms with Gasteiger partial charge < -0.3 is 10.6 Å². The molecule has 0 saturated heterocycles. The van der Waals surface area contributed by atoms with Crippen LogP contribution in [0.5, 0.6) is 0 Å². The summed E-state index contributed by atoms with van der Waals surface area (Å²) in [5.41, 5.74) is 2.55. The van der Waals surface area contributed by atoms with Gasteiger partial charge in [0.05, 0.1) is 29.9 Å². The number of carbonyl (C=O) groups is 1. The number of halogens is 1. The van der Waals surface area contributed by atoms with Gasteiger partial charge in [-0.1, -0.05) is 12.1 Å². The summed E-state index contributed by atoms with van der Waals surface area (Å²) in [6, 6.07) is 18.5. The number of anilines is 3. The average Bonchev–Trinajstić information content (AvgIpc) is 2.64. The molecule has 0 bridgehead atoms. The lowest BCUT2D eigenvalue weighted by Gasteiger charge is -2.08. The van der Waals surface area contributed by atoms with Crippen molar-refractivity contribution < 1.29 is 9.18 Å². The lowest BCUT2D eigenvalue weighted by molar-refractivity contribution is -0.115. The van der Waals surface area contributed by atoms with E-state index >= 15 is 0 Å². The first-order valence-corrected chi connectivity index (χ1v) is 7.90. The Bertz CT molecular complexity index is 947. The van der Waals surface area contributed by atoms with Crippen molar-refractivity contribution >= 4 is 23.1 Å². The molecular weight excluding hydrogens is 331 g/mol. The normalized spacial score (nSPS) is 10.0. The topological polar surface area (TPSA) is 77.8 Å². The Labute approximate surface area is 150 Å². The van der Waals surface area contributed by atoms with Gasteiger partial charge in [-0.05, 0) is 54.1 Å². The average molecular weight is 346 g/mol. The third kappa shape index (κ3) is 4.65. The second kappa shape index (κ2) is 7.90. The number of hydrogen-bond acceptors (Lipinski definition) is 4. The molecule has 1 amide bonds. The lowest BCUT2D eigenvalue weighted by atomic mass is 10.1. The van der Waals surface area contributed by atoms with Crippen LogP contribution in [0.1, 0.15) is 11.1 Å². The highest BCUT2D eigenvalue weighted by Gasteiger charge is 2.06. The number of rotatable bonds is 5. The van der Waals surface area contributed by atoms with Crippen molar-refractivity contribution in [2.75, 3.05) is 10.6 Å². The standard InChI is InChI=1S/C20H15FN4O/c21-16-3-1-2-15(10-16)11-20(26)25-18-8-9-19(23-13-18)24-17-6-4-14(12-22)5-7-17/h1-10,13H,11H2,(H,23,24)(H,25,26). The van der Waals surface area contributed by atoms with Gasteiger partial charge in [-0.2, -0.15) is 5.26 Å². The second-order valence-corrected chi connectivity index (χ2v) is 5.60. The summed E-state index contributed by atoms with van der Waals surface area (Å²) in [7, 11) is 0. The van der Waals surface area contributed by atoms with E-state index in [0.29, 0.717) is 22.6 Å². The van der Waals surface area contributed by atoms with E-state index < -0.39 is 0 Å². The van der Waals surface area contributed by atoms with Gasteiger partial charge in [0.1, 0.15) is 11.6 Å². The van der Waals surface area contributed by atoms with E-state index in [4.69, 9.17) is 5.26 Å². The minimum atomic E-state index is -0.366. The van der Waals surface area contributed by atoms with E-state index in [0.717, 1.165) is 5.69 Å². The number of pyridine rings is 1. The quantitative estimate of drug-likeness (QED) is 0.731. The first kappa shape index (κ1) is 17.1. The highest BCUT2D eigenvalue weighted by Crippen LogP contribution is 2.17. The molecule has 0 aliphatic heterocycles. The summed E-state index contributed by atoms with van der Waals surface area (Å²) in [5, 5.41) is 14.6.